The first kappa shape index (κ1) is 12.5. The molecule has 0 aliphatic heterocycles. The fourth-order valence-corrected chi connectivity index (χ4v) is 2.98. The van der Waals surface area contributed by atoms with Crippen LogP contribution in [0.4, 0.5) is 0 Å². The number of imidazole rings is 1. The van der Waals surface area contributed by atoms with E-state index in [1.54, 1.807) is 0 Å². The molecular formula is C15H21N3O. The molecule has 0 N–H and O–H groups in total. The molecule has 0 saturated heterocycles. The third-order valence-corrected chi connectivity index (χ3v) is 4.17. The zero-order valence-corrected chi connectivity index (χ0v) is 12.2. The van der Waals surface area contributed by atoms with Crippen LogP contribution in [-0.2, 0) is 0 Å². The van der Waals surface area contributed by atoms with Crippen molar-refractivity contribution < 1.29 is 4.74 Å². The quantitative estimate of drug-likeness (QED) is 0.830. The largest absolute Gasteiger partial charge is 0.487 e. The highest BCUT2D eigenvalue weighted by molar-refractivity contribution is 5.45. The summed E-state index contributed by atoms with van der Waals surface area (Å²) < 4.78 is 8.30. The van der Waals surface area contributed by atoms with E-state index >= 15 is 0 Å². The van der Waals surface area contributed by atoms with Gasteiger partial charge in [0, 0.05) is 5.69 Å². The average Bonchev–Trinajstić information content (AvgIpc) is 2.95. The third-order valence-electron chi connectivity index (χ3n) is 4.17. The number of aromatic nitrogens is 3. The van der Waals surface area contributed by atoms with Crippen molar-refractivity contribution in [1.82, 2.24) is 14.4 Å². The lowest BCUT2D eigenvalue weighted by molar-refractivity contribution is 0.205. The number of fused-ring (bicyclic) bond motifs is 1. The Morgan fingerprint density at radius 2 is 1.58 bits per heavy atom. The van der Waals surface area contributed by atoms with Crippen LogP contribution < -0.4 is 4.74 Å². The van der Waals surface area contributed by atoms with E-state index < -0.39 is 0 Å². The zero-order valence-electron chi connectivity index (χ0n) is 12.2. The highest BCUT2D eigenvalue weighted by atomic mass is 16.5. The molecule has 0 radical (unpaired) electrons. The van der Waals surface area contributed by atoms with Gasteiger partial charge in [-0.1, -0.05) is 0 Å². The first-order valence-corrected chi connectivity index (χ1v) is 7.07. The van der Waals surface area contributed by atoms with Gasteiger partial charge in [0.15, 0.2) is 5.75 Å². The van der Waals surface area contributed by atoms with Gasteiger partial charge in [0.1, 0.15) is 0 Å². The van der Waals surface area contributed by atoms with Gasteiger partial charge in [-0.25, -0.2) is 9.97 Å². The fourth-order valence-electron chi connectivity index (χ4n) is 2.98. The van der Waals surface area contributed by atoms with Crippen LogP contribution in [-0.4, -0.2) is 20.5 Å². The van der Waals surface area contributed by atoms with Crippen molar-refractivity contribution in [2.45, 2.75) is 59.5 Å². The van der Waals surface area contributed by atoms with Crippen LogP contribution in [0.1, 0.15) is 48.5 Å². The summed E-state index contributed by atoms with van der Waals surface area (Å²) in [5.41, 5.74) is 4.25. The van der Waals surface area contributed by atoms with E-state index in [4.69, 9.17) is 4.74 Å². The summed E-state index contributed by atoms with van der Waals surface area (Å²) >= 11 is 0. The molecular weight excluding hydrogens is 238 g/mol. The Bertz CT molecular complexity index is 624. The molecule has 1 saturated carbocycles. The first-order chi connectivity index (χ1) is 9.08. The van der Waals surface area contributed by atoms with E-state index in [0.717, 1.165) is 34.3 Å². The second-order valence-electron chi connectivity index (χ2n) is 5.55. The van der Waals surface area contributed by atoms with Crippen LogP contribution >= 0.6 is 0 Å². The van der Waals surface area contributed by atoms with Gasteiger partial charge in [0.05, 0.1) is 23.2 Å². The lowest BCUT2D eigenvalue weighted by atomic mass is 10.2. The highest BCUT2D eigenvalue weighted by Crippen LogP contribution is 2.29. The van der Waals surface area contributed by atoms with Crippen molar-refractivity contribution in [3.63, 3.8) is 0 Å². The summed E-state index contributed by atoms with van der Waals surface area (Å²) in [4.78, 5) is 9.09. The van der Waals surface area contributed by atoms with Crippen molar-refractivity contribution in [2.24, 2.45) is 0 Å². The Morgan fingerprint density at radius 3 is 2.26 bits per heavy atom. The van der Waals surface area contributed by atoms with E-state index in [-0.39, 0.29) is 0 Å². The van der Waals surface area contributed by atoms with E-state index in [9.17, 15) is 0 Å². The molecule has 2 heterocycles. The van der Waals surface area contributed by atoms with Crippen molar-refractivity contribution in [2.75, 3.05) is 0 Å². The van der Waals surface area contributed by atoms with Crippen molar-refractivity contribution in [3.8, 4) is 5.75 Å². The summed E-state index contributed by atoms with van der Waals surface area (Å²) in [6.07, 6.45) is 5.25. The molecule has 0 spiro atoms. The van der Waals surface area contributed by atoms with Crippen LogP contribution in [0.5, 0.6) is 5.75 Å². The van der Waals surface area contributed by atoms with Gasteiger partial charge in [-0.2, -0.15) is 0 Å². The maximum Gasteiger partial charge on any atom is 0.234 e. The Hall–Kier alpha value is -1.58. The van der Waals surface area contributed by atoms with Gasteiger partial charge >= 0.3 is 0 Å². The summed E-state index contributed by atoms with van der Waals surface area (Å²) in [6, 6.07) is 0. The Kier molecular flexibility index (Phi) is 2.96. The monoisotopic (exact) mass is 259 g/mol. The second kappa shape index (κ2) is 4.51. The third kappa shape index (κ3) is 1.99. The maximum atomic E-state index is 6.20. The molecule has 2 aromatic heterocycles. The molecule has 1 fully saturated rings. The molecule has 0 aromatic carbocycles. The molecule has 19 heavy (non-hydrogen) atoms. The number of nitrogens with zero attached hydrogens (tertiary/aromatic N) is 3. The minimum Gasteiger partial charge on any atom is -0.487 e. The van der Waals surface area contributed by atoms with Gasteiger partial charge in [-0.3, -0.25) is 4.40 Å². The number of rotatable bonds is 2. The number of hydrogen-bond acceptors (Lipinski definition) is 3. The van der Waals surface area contributed by atoms with Gasteiger partial charge in [-0.15, -0.1) is 0 Å². The minimum absolute atomic E-state index is 0.363. The summed E-state index contributed by atoms with van der Waals surface area (Å²) in [5, 5.41) is 0. The second-order valence-corrected chi connectivity index (χ2v) is 5.55. The van der Waals surface area contributed by atoms with Crippen molar-refractivity contribution in [1.29, 1.82) is 0 Å². The first-order valence-electron chi connectivity index (χ1n) is 7.07. The number of aryl methyl sites for hydroxylation is 4. The molecule has 4 heteroatoms. The minimum atomic E-state index is 0.363. The Morgan fingerprint density at radius 1 is 0.947 bits per heavy atom. The Labute approximate surface area is 113 Å². The zero-order chi connectivity index (χ0) is 13.6. The van der Waals surface area contributed by atoms with Crippen LogP contribution in [0.25, 0.3) is 5.78 Å². The van der Waals surface area contributed by atoms with E-state index in [2.05, 4.69) is 28.2 Å². The van der Waals surface area contributed by atoms with Crippen molar-refractivity contribution >= 4 is 5.78 Å². The lowest BCUT2D eigenvalue weighted by Gasteiger charge is -2.18. The fraction of sp³-hybridized carbons (Fsp3) is 0.600. The standard InChI is InChI=1S/C15H21N3O/c1-9-11(3)18-12(4)14(10(2)17-15(18)16-9)19-13-7-5-6-8-13/h13H,5-8H2,1-4H3. The van der Waals surface area contributed by atoms with E-state index in [1.165, 1.54) is 25.7 Å². The van der Waals surface area contributed by atoms with Crippen LogP contribution in [0.2, 0.25) is 0 Å². The normalized spacial score (nSPS) is 16.4. The van der Waals surface area contributed by atoms with Crippen molar-refractivity contribution in [3.05, 3.63) is 22.8 Å². The maximum absolute atomic E-state index is 6.20. The molecule has 4 nitrogen and oxygen atoms in total. The number of ether oxygens (including phenoxy) is 1. The van der Waals surface area contributed by atoms with Gasteiger partial charge in [0.2, 0.25) is 5.78 Å². The summed E-state index contributed by atoms with van der Waals surface area (Å²) in [6.45, 7) is 8.21. The molecule has 0 unspecified atom stereocenters. The number of hydrogen-bond donors (Lipinski definition) is 0. The molecule has 1 aliphatic carbocycles. The van der Waals surface area contributed by atoms with Gasteiger partial charge in [-0.05, 0) is 53.4 Å². The van der Waals surface area contributed by atoms with Crippen LogP contribution in [0.3, 0.4) is 0 Å². The average molecular weight is 259 g/mol. The lowest BCUT2D eigenvalue weighted by Crippen LogP contribution is -2.15. The van der Waals surface area contributed by atoms with E-state index in [0.29, 0.717) is 6.10 Å². The van der Waals surface area contributed by atoms with E-state index in [1.807, 2.05) is 13.8 Å². The van der Waals surface area contributed by atoms with Gasteiger partial charge in [0.25, 0.3) is 0 Å². The molecule has 102 valence electrons. The SMILES string of the molecule is Cc1nc2nc(C)c(C)n2c(C)c1OC1CCCC1. The molecule has 2 aromatic rings. The predicted octanol–water partition coefficient (Wildman–Crippen LogP) is 3.28. The molecule has 1 aliphatic rings. The van der Waals surface area contributed by atoms with Crippen LogP contribution in [0, 0.1) is 27.7 Å². The molecule has 3 rings (SSSR count). The molecule has 0 amide bonds. The summed E-state index contributed by atoms with van der Waals surface area (Å²) in [5.74, 6) is 1.73. The smallest absolute Gasteiger partial charge is 0.234 e. The Balaban J connectivity index is 2.10. The molecule has 0 bridgehead atoms. The molecule has 0 atom stereocenters. The predicted molar refractivity (Wildman–Crippen MR) is 74.8 cm³/mol. The topological polar surface area (TPSA) is 39.4 Å². The van der Waals surface area contributed by atoms with Gasteiger partial charge < -0.3 is 4.74 Å². The highest BCUT2D eigenvalue weighted by Gasteiger charge is 2.21. The van der Waals surface area contributed by atoms with Crippen LogP contribution in [0.15, 0.2) is 0 Å². The summed E-state index contributed by atoms with van der Waals surface area (Å²) in [7, 11) is 0.